The van der Waals surface area contributed by atoms with Crippen molar-refractivity contribution >= 4 is 11.9 Å². The number of imide groups is 1. The zero-order chi connectivity index (χ0) is 11.3. The summed E-state index contributed by atoms with van der Waals surface area (Å²) >= 11 is 0. The Hall–Kier alpha value is -1.57. The summed E-state index contributed by atoms with van der Waals surface area (Å²) < 4.78 is 0. The van der Waals surface area contributed by atoms with Gasteiger partial charge in [-0.25, -0.2) is 4.79 Å². The van der Waals surface area contributed by atoms with E-state index in [2.05, 4.69) is 12.2 Å². The quantitative estimate of drug-likeness (QED) is 0.554. The molecule has 1 fully saturated rings. The lowest BCUT2D eigenvalue weighted by Gasteiger charge is -2.03. The Bertz CT molecular complexity index is 296. The topological polar surface area (TPSA) is 73.0 Å². The van der Waals surface area contributed by atoms with E-state index in [1.165, 1.54) is 4.90 Å². The van der Waals surface area contributed by atoms with Gasteiger partial charge in [0.05, 0.1) is 12.6 Å². The molecule has 5 heteroatoms. The van der Waals surface area contributed by atoms with Crippen molar-refractivity contribution in [3.63, 3.8) is 0 Å². The first-order valence-electron chi connectivity index (χ1n) is 5.19. The van der Waals surface area contributed by atoms with Crippen molar-refractivity contribution < 1.29 is 9.59 Å². The number of nitrogens with zero attached hydrogens (tertiary/aromatic N) is 2. The van der Waals surface area contributed by atoms with Gasteiger partial charge in [0.15, 0.2) is 0 Å². The highest BCUT2D eigenvalue weighted by Crippen LogP contribution is 2.15. The molecule has 3 amide bonds. The minimum Gasteiger partial charge on any atom is -0.303 e. The molecular formula is C10H15N3O2. The standard InChI is InChI=1S/C10H15N3O2/c1-2-3-4-5-9(14)12-10(15)13-7-8(13)6-11/h8H,2-5,7H2,1H3,(H,12,14,15). The molecule has 0 saturated carbocycles. The maximum atomic E-state index is 11.3. The van der Waals surface area contributed by atoms with Crippen LogP contribution in [0.3, 0.4) is 0 Å². The van der Waals surface area contributed by atoms with Gasteiger partial charge in [-0.15, -0.1) is 0 Å². The largest absolute Gasteiger partial charge is 0.325 e. The lowest BCUT2D eigenvalue weighted by atomic mass is 10.2. The molecule has 0 aromatic carbocycles. The number of rotatable bonds is 4. The third kappa shape index (κ3) is 3.58. The predicted molar refractivity (Wildman–Crippen MR) is 53.8 cm³/mol. The third-order valence-corrected chi connectivity index (χ3v) is 2.28. The lowest BCUT2D eigenvalue weighted by molar-refractivity contribution is -0.120. The van der Waals surface area contributed by atoms with Crippen LogP contribution in [0.15, 0.2) is 0 Å². The van der Waals surface area contributed by atoms with Crippen LogP contribution in [0.1, 0.15) is 32.6 Å². The highest BCUT2D eigenvalue weighted by molar-refractivity contribution is 5.95. The van der Waals surface area contributed by atoms with Crippen molar-refractivity contribution in [2.24, 2.45) is 0 Å². The van der Waals surface area contributed by atoms with Gasteiger partial charge >= 0.3 is 6.03 Å². The molecule has 0 bridgehead atoms. The predicted octanol–water partition coefficient (Wildman–Crippen LogP) is 1.01. The minimum absolute atomic E-state index is 0.253. The first kappa shape index (κ1) is 11.5. The molecule has 82 valence electrons. The van der Waals surface area contributed by atoms with Crippen LogP contribution < -0.4 is 5.32 Å². The molecule has 1 N–H and O–H groups in total. The molecule has 1 heterocycles. The number of urea groups is 1. The van der Waals surface area contributed by atoms with Crippen molar-refractivity contribution in [1.29, 1.82) is 5.26 Å². The molecule has 1 atom stereocenters. The number of amides is 3. The van der Waals surface area contributed by atoms with Crippen molar-refractivity contribution in [3.8, 4) is 6.07 Å². The Morgan fingerprint density at radius 2 is 2.27 bits per heavy atom. The Balaban J connectivity index is 2.16. The number of unbranched alkanes of at least 4 members (excludes halogenated alkanes) is 2. The molecule has 1 aliphatic heterocycles. The van der Waals surface area contributed by atoms with E-state index in [-0.39, 0.29) is 11.9 Å². The molecule has 0 aromatic heterocycles. The molecule has 5 nitrogen and oxygen atoms in total. The summed E-state index contributed by atoms with van der Waals surface area (Å²) in [5.74, 6) is -0.253. The van der Waals surface area contributed by atoms with E-state index in [4.69, 9.17) is 5.26 Å². The van der Waals surface area contributed by atoms with E-state index in [9.17, 15) is 9.59 Å². The molecule has 15 heavy (non-hydrogen) atoms. The van der Waals surface area contributed by atoms with Gasteiger partial charge in [0.2, 0.25) is 5.91 Å². The Kier molecular flexibility index (Phi) is 4.10. The van der Waals surface area contributed by atoms with E-state index in [0.29, 0.717) is 13.0 Å². The average Bonchev–Trinajstić information content (AvgIpc) is 2.97. The van der Waals surface area contributed by atoms with Gasteiger partial charge in [-0.2, -0.15) is 5.26 Å². The van der Waals surface area contributed by atoms with Crippen LogP contribution in [0.2, 0.25) is 0 Å². The van der Waals surface area contributed by atoms with E-state index >= 15 is 0 Å². The molecule has 1 rings (SSSR count). The van der Waals surface area contributed by atoms with Gasteiger partial charge in [0.1, 0.15) is 6.04 Å². The smallest absolute Gasteiger partial charge is 0.303 e. The fraction of sp³-hybridized carbons (Fsp3) is 0.700. The van der Waals surface area contributed by atoms with Crippen LogP contribution in [0.25, 0.3) is 0 Å². The maximum Gasteiger partial charge on any atom is 0.325 e. The first-order chi connectivity index (χ1) is 7.19. The number of nitriles is 1. The van der Waals surface area contributed by atoms with Crippen LogP contribution in [0, 0.1) is 11.3 Å². The van der Waals surface area contributed by atoms with Crippen molar-refractivity contribution in [2.45, 2.75) is 38.6 Å². The fourth-order valence-corrected chi connectivity index (χ4v) is 1.26. The zero-order valence-corrected chi connectivity index (χ0v) is 8.82. The Morgan fingerprint density at radius 1 is 1.53 bits per heavy atom. The summed E-state index contributed by atoms with van der Waals surface area (Å²) in [6.45, 7) is 2.49. The number of hydrogen-bond donors (Lipinski definition) is 1. The van der Waals surface area contributed by atoms with Crippen LogP contribution in [-0.4, -0.2) is 29.4 Å². The van der Waals surface area contributed by atoms with Crippen LogP contribution in [-0.2, 0) is 4.79 Å². The third-order valence-electron chi connectivity index (χ3n) is 2.28. The van der Waals surface area contributed by atoms with Gasteiger partial charge < -0.3 is 4.90 Å². The second kappa shape index (κ2) is 5.35. The molecular weight excluding hydrogens is 194 g/mol. The van der Waals surface area contributed by atoms with Crippen LogP contribution in [0.4, 0.5) is 4.79 Å². The summed E-state index contributed by atoms with van der Waals surface area (Å²) in [5.41, 5.74) is 0. The van der Waals surface area contributed by atoms with Crippen molar-refractivity contribution in [1.82, 2.24) is 10.2 Å². The number of carbonyl (C=O) groups is 2. The number of carbonyl (C=O) groups excluding carboxylic acids is 2. The summed E-state index contributed by atoms with van der Waals surface area (Å²) in [6, 6.07) is 1.17. The fourth-order valence-electron chi connectivity index (χ4n) is 1.26. The molecule has 0 spiro atoms. The summed E-state index contributed by atoms with van der Waals surface area (Å²) in [4.78, 5) is 23.8. The SMILES string of the molecule is CCCCCC(=O)NC(=O)N1CC1C#N. The minimum atomic E-state index is -0.442. The normalized spacial score (nSPS) is 18.1. The second-order valence-electron chi connectivity index (χ2n) is 3.61. The van der Waals surface area contributed by atoms with Crippen molar-refractivity contribution in [3.05, 3.63) is 0 Å². The average molecular weight is 209 g/mol. The van der Waals surface area contributed by atoms with Crippen LogP contribution >= 0.6 is 0 Å². The van der Waals surface area contributed by atoms with Gasteiger partial charge in [-0.3, -0.25) is 10.1 Å². The lowest BCUT2D eigenvalue weighted by Crippen LogP contribution is -2.34. The van der Waals surface area contributed by atoms with E-state index < -0.39 is 6.03 Å². The zero-order valence-electron chi connectivity index (χ0n) is 8.82. The number of nitrogens with one attached hydrogen (secondary N) is 1. The Labute approximate surface area is 89.0 Å². The second-order valence-corrected chi connectivity index (χ2v) is 3.61. The van der Waals surface area contributed by atoms with E-state index in [0.717, 1.165) is 19.3 Å². The maximum absolute atomic E-state index is 11.3. The molecule has 0 aromatic rings. The van der Waals surface area contributed by atoms with Crippen LogP contribution in [0.5, 0.6) is 0 Å². The summed E-state index contributed by atoms with van der Waals surface area (Å²) in [5, 5.41) is 10.7. The van der Waals surface area contributed by atoms with Gasteiger partial charge in [-0.1, -0.05) is 19.8 Å². The van der Waals surface area contributed by atoms with Gasteiger partial charge in [0, 0.05) is 6.42 Å². The molecule has 1 unspecified atom stereocenters. The molecule has 1 aliphatic rings. The highest BCUT2D eigenvalue weighted by Gasteiger charge is 2.39. The van der Waals surface area contributed by atoms with Crippen molar-refractivity contribution in [2.75, 3.05) is 6.54 Å². The van der Waals surface area contributed by atoms with Gasteiger partial charge in [-0.05, 0) is 6.42 Å². The van der Waals surface area contributed by atoms with E-state index in [1.807, 2.05) is 6.07 Å². The molecule has 0 aliphatic carbocycles. The Morgan fingerprint density at radius 3 is 2.80 bits per heavy atom. The summed E-state index contributed by atoms with van der Waals surface area (Å²) in [6.07, 6.45) is 3.22. The summed E-state index contributed by atoms with van der Waals surface area (Å²) in [7, 11) is 0. The highest BCUT2D eigenvalue weighted by atomic mass is 16.2. The number of hydrogen-bond acceptors (Lipinski definition) is 3. The van der Waals surface area contributed by atoms with E-state index in [1.54, 1.807) is 0 Å². The first-order valence-corrected chi connectivity index (χ1v) is 5.19. The molecule has 0 radical (unpaired) electrons. The van der Waals surface area contributed by atoms with Gasteiger partial charge in [0.25, 0.3) is 0 Å². The molecule has 1 saturated heterocycles. The monoisotopic (exact) mass is 209 g/mol.